The minimum absolute atomic E-state index is 0.166. The minimum atomic E-state index is -3.88. The molecule has 0 bridgehead atoms. The number of fused-ring (bicyclic) bond motifs is 1. The molecule has 2 N–H and O–H groups in total. The quantitative estimate of drug-likeness (QED) is 0.249. The summed E-state index contributed by atoms with van der Waals surface area (Å²) in [5, 5.41) is 9.75. The van der Waals surface area contributed by atoms with Crippen LogP contribution in [0, 0.1) is 0 Å². The van der Waals surface area contributed by atoms with Gasteiger partial charge in [0.2, 0.25) is 0 Å². The standard InChI is InChI=1S/C25H21N5O2S3/c1-33-22-9-5-4-8-19(22)16-34-25-23(21-15-26-12-13-27-21)24(28-29-25)30-35(31,32)20-11-10-17-6-2-3-7-18(17)14-20/h2-15H,16H2,1H3,(H2,28,29,30). The molecule has 0 spiro atoms. The van der Waals surface area contributed by atoms with Gasteiger partial charge < -0.3 is 0 Å². The summed E-state index contributed by atoms with van der Waals surface area (Å²) < 4.78 is 29.3. The molecule has 0 aliphatic carbocycles. The van der Waals surface area contributed by atoms with E-state index in [2.05, 4.69) is 37.0 Å². The third-order valence-electron chi connectivity index (χ3n) is 5.38. The average molecular weight is 520 g/mol. The zero-order valence-corrected chi connectivity index (χ0v) is 21.1. The first-order chi connectivity index (χ1) is 17.0. The lowest BCUT2D eigenvalue weighted by atomic mass is 10.1. The molecule has 176 valence electrons. The fourth-order valence-corrected chi connectivity index (χ4v) is 6.44. The van der Waals surface area contributed by atoms with Gasteiger partial charge in [-0.3, -0.25) is 19.8 Å². The van der Waals surface area contributed by atoms with Crippen LogP contribution in [-0.2, 0) is 15.8 Å². The van der Waals surface area contributed by atoms with Gasteiger partial charge in [0.15, 0.2) is 0 Å². The Morgan fingerprint density at radius 1 is 0.971 bits per heavy atom. The number of H-pyrrole nitrogens is 1. The molecule has 0 amide bonds. The van der Waals surface area contributed by atoms with E-state index in [1.165, 1.54) is 22.2 Å². The number of aromatic amines is 1. The normalized spacial score (nSPS) is 11.6. The lowest BCUT2D eigenvalue weighted by Gasteiger charge is -2.10. The van der Waals surface area contributed by atoms with Gasteiger partial charge >= 0.3 is 0 Å². The summed E-state index contributed by atoms with van der Waals surface area (Å²) in [5.41, 5.74) is 2.27. The molecular weight excluding hydrogens is 499 g/mol. The van der Waals surface area contributed by atoms with Crippen molar-refractivity contribution in [2.75, 3.05) is 11.0 Å². The molecule has 0 saturated carbocycles. The summed E-state index contributed by atoms with van der Waals surface area (Å²) in [6.07, 6.45) is 6.78. The largest absolute Gasteiger partial charge is 0.263 e. The molecule has 7 nitrogen and oxygen atoms in total. The van der Waals surface area contributed by atoms with Gasteiger partial charge in [-0.25, -0.2) is 8.42 Å². The fraction of sp³-hybridized carbons (Fsp3) is 0.0800. The number of nitrogens with zero attached hydrogens (tertiary/aromatic N) is 3. The van der Waals surface area contributed by atoms with Crippen LogP contribution in [0.2, 0.25) is 0 Å². The minimum Gasteiger partial charge on any atom is -0.263 e. The van der Waals surface area contributed by atoms with Crippen molar-refractivity contribution in [3.63, 3.8) is 0 Å². The van der Waals surface area contributed by atoms with E-state index >= 15 is 0 Å². The Labute approximate surface area is 211 Å². The molecule has 5 aromatic rings. The number of benzene rings is 3. The summed E-state index contributed by atoms with van der Waals surface area (Å²) in [6, 6.07) is 20.9. The molecule has 0 atom stereocenters. The van der Waals surface area contributed by atoms with Crippen LogP contribution in [0.25, 0.3) is 22.0 Å². The molecule has 10 heteroatoms. The van der Waals surface area contributed by atoms with Gasteiger partial charge in [0, 0.05) is 23.0 Å². The van der Waals surface area contributed by atoms with Crippen molar-refractivity contribution in [1.82, 2.24) is 20.2 Å². The lowest BCUT2D eigenvalue weighted by Crippen LogP contribution is -2.14. The van der Waals surface area contributed by atoms with Gasteiger partial charge in [-0.1, -0.05) is 60.3 Å². The molecule has 0 aliphatic heterocycles. The van der Waals surface area contributed by atoms with E-state index in [1.54, 1.807) is 48.6 Å². The van der Waals surface area contributed by atoms with E-state index in [0.717, 1.165) is 10.8 Å². The van der Waals surface area contributed by atoms with Crippen molar-refractivity contribution >= 4 is 50.1 Å². The Balaban J connectivity index is 1.49. The van der Waals surface area contributed by atoms with Gasteiger partial charge in [-0.15, -0.1) is 11.8 Å². The van der Waals surface area contributed by atoms with Crippen molar-refractivity contribution in [2.45, 2.75) is 20.6 Å². The second-order valence-electron chi connectivity index (χ2n) is 7.58. The predicted molar refractivity (Wildman–Crippen MR) is 142 cm³/mol. The second-order valence-corrected chi connectivity index (χ2v) is 11.1. The fourth-order valence-electron chi connectivity index (χ4n) is 3.67. The maximum absolute atomic E-state index is 13.3. The summed E-state index contributed by atoms with van der Waals surface area (Å²) in [7, 11) is -3.88. The van der Waals surface area contributed by atoms with E-state index in [0.29, 0.717) is 22.0 Å². The first-order valence-electron chi connectivity index (χ1n) is 10.7. The number of anilines is 1. The van der Waals surface area contributed by atoms with Crippen LogP contribution in [0.1, 0.15) is 5.56 Å². The molecule has 35 heavy (non-hydrogen) atoms. The molecule has 2 heterocycles. The van der Waals surface area contributed by atoms with Gasteiger partial charge in [-0.2, -0.15) is 5.10 Å². The third-order valence-corrected chi connectivity index (χ3v) is 8.59. The first-order valence-corrected chi connectivity index (χ1v) is 14.4. The van der Waals surface area contributed by atoms with Crippen LogP contribution in [0.15, 0.2) is 100 Å². The Hall–Kier alpha value is -3.34. The summed E-state index contributed by atoms with van der Waals surface area (Å²) in [5.74, 6) is 0.922. The Bertz CT molecular complexity index is 1590. The number of hydrogen-bond donors (Lipinski definition) is 2. The van der Waals surface area contributed by atoms with E-state index in [-0.39, 0.29) is 10.7 Å². The van der Waals surface area contributed by atoms with Crippen molar-refractivity contribution in [3.8, 4) is 11.3 Å². The van der Waals surface area contributed by atoms with Crippen LogP contribution in [0.5, 0.6) is 0 Å². The molecule has 0 fully saturated rings. The number of thioether (sulfide) groups is 2. The second kappa shape index (κ2) is 10.1. The van der Waals surface area contributed by atoms with Crippen molar-refractivity contribution in [1.29, 1.82) is 0 Å². The highest BCUT2D eigenvalue weighted by molar-refractivity contribution is 7.99. The van der Waals surface area contributed by atoms with E-state index in [9.17, 15) is 8.42 Å². The highest BCUT2D eigenvalue weighted by atomic mass is 32.2. The molecule has 5 rings (SSSR count). The Morgan fingerprint density at radius 2 is 1.77 bits per heavy atom. The molecule has 0 saturated heterocycles. The zero-order chi connectivity index (χ0) is 24.3. The van der Waals surface area contributed by atoms with Gasteiger partial charge in [-0.05, 0) is 40.8 Å². The lowest BCUT2D eigenvalue weighted by molar-refractivity contribution is 0.601. The van der Waals surface area contributed by atoms with Crippen LogP contribution >= 0.6 is 23.5 Å². The maximum Gasteiger partial charge on any atom is 0.263 e. The topological polar surface area (TPSA) is 101 Å². The Morgan fingerprint density at radius 3 is 2.57 bits per heavy atom. The molecule has 0 unspecified atom stereocenters. The van der Waals surface area contributed by atoms with Crippen molar-refractivity contribution in [2.24, 2.45) is 0 Å². The van der Waals surface area contributed by atoms with Gasteiger partial charge in [0.05, 0.1) is 22.3 Å². The number of sulfonamides is 1. The highest BCUT2D eigenvalue weighted by Crippen LogP contribution is 2.37. The van der Waals surface area contributed by atoms with E-state index < -0.39 is 10.0 Å². The maximum atomic E-state index is 13.3. The van der Waals surface area contributed by atoms with Gasteiger partial charge in [0.25, 0.3) is 10.0 Å². The molecular formula is C25H21N5O2S3. The monoisotopic (exact) mass is 519 g/mol. The van der Waals surface area contributed by atoms with Crippen molar-refractivity contribution in [3.05, 3.63) is 90.9 Å². The van der Waals surface area contributed by atoms with E-state index in [4.69, 9.17) is 0 Å². The zero-order valence-electron chi connectivity index (χ0n) is 18.7. The van der Waals surface area contributed by atoms with Crippen LogP contribution in [0.3, 0.4) is 0 Å². The first kappa shape index (κ1) is 23.4. The number of rotatable bonds is 8. The van der Waals surface area contributed by atoms with E-state index in [1.807, 2.05) is 42.7 Å². The molecule has 2 aromatic heterocycles. The number of aromatic nitrogens is 4. The summed E-state index contributed by atoms with van der Waals surface area (Å²) >= 11 is 3.20. The summed E-state index contributed by atoms with van der Waals surface area (Å²) in [6.45, 7) is 0. The van der Waals surface area contributed by atoms with Gasteiger partial charge in [0.1, 0.15) is 10.8 Å². The number of nitrogens with one attached hydrogen (secondary N) is 2. The smallest absolute Gasteiger partial charge is 0.263 e. The van der Waals surface area contributed by atoms with Crippen LogP contribution in [-0.4, -0.2) is 34.8 Å². The average Bonchev–Trinajstić information content (AvgIpc) is 3.29. The van der Waals surface area contributed by atoms with Crippen LogP contribution < -0.4 is 4.72 Å². The molecule has 0 aliphatic rings. The summed E-state index contributed by atoms with van der Waals surface area (Å²) in [4.78, 5) is 9.92. The third kappa shape index (κ3) is 5.04. The molecule has 3 aromatic carbocycles. The SMILES string of the molecule is CSc1ccccc1CSc1n[nH]c(NS(=O)(=O)c2ccc3ccccc3c2)c1-c1cnccn1. The predicted octanol–water partition coefficient (Wildman–Crippen LogP) is 5.83. The highest BCUT2D eigenvalue weighted by Gasteiger charge is 2.23. The van der Waals surface area contributed by atoms with Crippen molar-refractivity contribution < 1.29 is 8.42 Å². The molecule has 0 radical (unpaired) electrons. The Kier molecular flexibility index (Phi) is 6.76. The van der Waals surface area contributed by atoms with Crippen LogP contribution in [0.4, 0.5) is 5.82 Å². The number of hydrogen-bond acceptors (Lipinski definition) is 7.